The van der Waals surface area contributed by atoms with Crippen molar-refractivity contribution in [2.75, 3.05) is 32.6 Å². The van der Waals surface area contributed by atoms with Crippen LogP contribution in [0.5, 0.6) is 11.5 Å². The Hall–Kier alpha value is -3.17. The van der Waals surface area contributed by atoms with Crippen LogP contribution in [0.25, 0.3) is 11.3 Å². The maximum atomic E-state index is 13.1. The van der Waals surface area contributed by atoms with E-state index in [1.54, 1.807) is 25.3 Å². The van der Waals surface area contributed by atoms with Crippen molar-refractivity contribution in [3.63, 3.8) is 0 Å². The van der Waals surface area contributed by atoms with Gasteiger partial charge in [0.15, 0.2) is 0 Å². The van der Waals surface area contributed by atoms with E-state index in [1.165, 1.54) is 11.4 Å². The Morgan fingerprint density at radius 3 is 2.38 bits per heavy atom. The minimum Gasteiger partial charge on any atom is -0.496 e. The van der Waals surface area contributed by atoms with E-state index < -0.39 is 10.0 Å². The predicted octanol–water partition coefficient (Wildman–Crippen LogP) is 3.56. The number of sulfonamides is 1. The average Bonchev–Trinajstić information content (AvgIpc) is 3.39. The van der Waals surface area contributed by atoms with Crippen molar-refractivity contribution in [2.24, 2.45) is 0 Å². The van der Waals surface area contributed by atoms with Gasteiger partial charge >= 0.3 is 0 Å². The van der Waals surface area contributed by atoms with Gasteiger partial charge in [-0.25, -0.2) is 8.42 Å². The van der Waals surface area contributed by atoms with Gasteiger partial charge in [-0.15, -0.1) is 10.2 Å². The van der Waals surface area contributed by atoms with E-state index in [4.69, 9.17) is 9.47 Å². The Kier molecular flexibility index (Phi) is 6.57. The molecule has 1 N–H and O–H groups in total. The molecule has 1 aliphatic rings. The minimum absolute atomic E-state index is 0.152. The molecular formula is C23H26N4O4S. The first kappa shape index (κ1) is 22.0. The quantitative estimate of drug-likeness (QED) is 0.556. The summed E-state index contributed by atoms with van der Waals surface area (Å²) < 4.78 is 38.4. The fourth-order valence-corrected chi connectivity index (χ4v) is 5.42. The summed E-state index contributed by atoms with van der Waals surface area (Å²) in [5.74, 6) is 1.73. The maximum Gasteiger partial charge on any atom is 0.246 e. The molecule has 0 radical (unpaired) electrons. The van der Waals surface area contributed by atoms with Crippen LogP contribution < -0.4 is 14.8 Å². The number of ether oxygens (including phenoxy) is 2. The second-order valence-corrected chi connectivity index (χ2v) is 9.35. The second kappa shape index (κ2) is 9.54. The van der Waals surface area contributed by atoms with Crippen molar-refractivity contribution in [2.45, 2.75) is 24.3 Å². The van der Waals surface area contributed by atoms with Gasteiger partial charge in [0.2, 0.25) is 10.0 Å². The predicted molar refractivity (Wildman–Crippen MR) is 122 cm³/mol. The smallest absolute Gasteiger partial charge is 0.246 e. The molecule has 3 aromatic rings. The highest BCUT2D eigenvalue weighted by atomic mass is 32.2. The van der Waals surface area contributed by atoms with Crippen LogP contribution in [0.15, 0.2) is 59.5 Å². The van der Waals surface area contributed by atoms with Crippen LogP contribution in [0.1, 0.15) is 18.4 Å². The molecule has 0 saturated carbocycles. The molecule has 1 aromatic heterocycles. The molecule has 0 aliphatic carbocycles. The minimum atomic E-state index is -3.63. The van der Waals surface area contributed by atoms with E-state index in [1.807, 2.05) is 36.4 Å². The van der Waals surface area contributed by atoms with Gasteiger partial charge in [-0.3, -0.25) is 0 Å². The molecule has 8 nitrogen and oxygen atoms in total. The molecule has 2 aromatic carbocycles. The number of nitrogens with one attached hydrogen (secondary N) is 1. The molecular weight excluding hydrogens is 428 g/mol. The fraction of sp³-hybridized carbons (Fsp3) is 0.304. The van der Waals surface area contributed by atoms with E-state index in [0.717, 1.165) is 24.2 Å². The largest absolute Gasteiger partial charge is 0.496 e. The van der Waals surface area contributed by atoms with Gasteiger partial charge in [0.05, 0.1) is 19.9 Å². The number of nitrogens with zero attached hydrogens (tertiary/aromatic N) is 3. The first-order valence-electron chi connectivity index (χ1n) is 10.4. The van der Waals surface area contributed by atoms with Crippen LogP contribution in [0.3, 0.4) is 0 Å². The molecule has 1 aliphatic heterocycles. The van der Waals surface area contributed by atoms with Crippen molar-refractivity contribution in [3.05, 3.63) is 60.2 Å². The SMILES string of the molecule is COc1ccccc1CNc1ccc(-c2ccc(OC)c(S(=O)(=O)N3CCCC3)c2)nn1. The Morgan fingerprint density at radius 2 is 1.69 bits per heavy atom. The Bertz CT molecular complexity index is 1180. The first-order chi connectivity index (χ1) is 15.5. The molecule has 2 heterocycles. The van der Waals surface area contributed by atoms with E-state index in [9.17, 15) is 8.42 Å². The Balaban J connectivity index is 1.55. The van der Waals surface area contributed by atoms with Gasteiger partial charge in [-0.05, 0) is 49.2 Å². The summed E-state index contributed by atoms with van der Waals surface area (Å²) in [5.41, 5.74) is 2.24. The number of rotatable bonds is 8. The van der Waals surface area contributed by atoms with Gasteiger partial charge in [-0.2, -0.15) is 4.31 Å². The number of methoxy groups -OCH3 is 2. The van der Waals surface area contributed by atoms with Crippen LogP contribution in [0, 0.1) is 0 Å². The zero-order chi connectivity index (χ0) is 22.6. The lowest BCUT2D eigenvalue weighted by atomic mass is 10.1. The summed E-state index contributed by atoms with van der Waals surface area (Å²) in [6.07, 6.45) is 1.74. The van der Waals surface area contributed by atoms with Crippen molar-refractivity contribution < 1.29 is 17.9 Å². The van der Waals surface area contributed by atoms with Crippen molar-refractivity contribution in [1.82, 2.24) is 14.5 Å². The maximum absolute atomic E-state index is 13.1. The molecule has 168 valence electrons. The van der Waals surface area contributed by atoms with Gasteiger partial charge in [0, 0.05) is 30.8 Å². The summed E-state index contributed by atoms with van der Waals surface area (Å²) in [7, 11) is -0.518. The molecule has 0 bridgehead atoms. The molecule has 4 rings (SSSR count). The highest BCUT2D eigenvalue weighted by Gasteiger charge is 2.30. The fourth-order valence-electron chi connectivity index (χ4n) is 3.72. The third-order valence-electron chi connectivity index (χ3n) is 5.46. The van der Waals surface area contributed by atoms with E-state index in [2.05, 4.69) is 15.5 Å². The number of hydrogen-bond acceptors (Lipinski definition) is 7. The van der Waals surface area contributed by atoms with Gasteiger partial charge in [0.1, 0.15) is 22.2 Å². The molecule has 1 fully saturated rings. The lowest BCUT2D eigenvalue weighted by molar-refractivity contribution is 0.398. The second-order valence-electron chi connectivity index (χ2n) is 7.45. The first-order valence-corrected chi connectivity index (χ1v) is 11.8. The standard InChI is InChI=1S/C23H26N4O4S/c1-30-20-8-4-3-7-18(20)16-24-23-12-10-19(25-26-23)17-9-11-21(31-2)22(15-17)32(28,29)27-13-5-6-14-27/h3-4,7-12,15H,5-6,13-14,16H2,1-2H3,(H,24,26). The molecule has 0 atom stereocenters. The van der Waals surface area contributed by atoms with Crippen LogP contribution >= 0.6 is 0 Å². The number of benzene rings is 2. The lowest BCUT2D eigenvalue weighted by Gasteiger charge is -2.18. The van der Waals surface area contributed by atoms with Crippen molar-refractivity contribution in [1.29, 1.82) is 0 Å². The number of para-hydroxylation sites is 1. The number of anilines is 1. The summed E-state index contributed by atoms with van der Waals surface area (Å²) in [6, 6.07) is 16.4. The Morgan fingerprint density at radius 1 is 0.938 bits per heavy atom. The van der Waals surface area contributed by atoms with Crippen molar-refractivity contribution >= 4 is 15.8 Å². The topological polar surface area (TPSA) is 93.6 Å². The van der Waals surface area contributed by atoms with Gasteiger partial charge in [-0.1, -0.05) is 18.2 Å². The number of hydrogen-bond donors (Lipinski definition) is 1. The molecule has 0 amide bonds. The molecule has 9 heteroatoms. The summed E-state index contributed by atoms with van der Waals surface area (Å²) >= 11 is 0. The zero-order valence-electron chi connectivity index (χ0n) is 18.1. The van der Waals surface area contributed by atoms with E-state index in [0.29, 0.717) is 42.5 Å². The summed E-state index contributed by atoms with van der Waals surface area (Å²) in [6.45, 7) is 1.60. The van der Waals surface area contributed by atoms with Crippen LogP contribution in [0.2, 0.25) is 0 Å². The van der Waals surface area contributed by atoms with Crippen LogP contribution in [-0.4, -0.2) is 50.2 Å². The van der Waals surface area contributed by atoms with Gasteiger partial charge in [0.25, 0.3) is 0 Å². The normalized spacial score (nSPS) is 14.3. The van der Waals surface area contributed by atoms with E-state index in [-0.39, 0.29) is 4.90 Å². The Labute approximate surface area is 188 Å². The third-order valence-corrected chi connectivity index (χ3v) is 7.38. The lowest BCUT2D eigenvalue weighted by Crippen LogP contribution is -2.28. The average molecular weight is 455 g/mol. The molecule has 1 saturated heterocycles. The van der Waals surface area contributed by atoms with Crippen LogP contribution in [0.4, 0.5) is 5.82 Å². The van der Waals surface area contributed by atoms with Crippen molar-refractivity contribution in [3.8, 4) is 22.8 Å². The third kappa shape index (κ3) is 4.53. The molecule has 0 unspecified atom stereocenters. The molecule has 0 spiro atoms. The van der Waals surface area contributed by atoms with Gasteiger partial charge < -0.3 is 14.8 Å². The highest BCUT2D eigenvalue weighted by molar-refractivity contribution is 7.89. The summed E-state index contributed by atoms with van der Waals surface area (Å²) in [4.78, 5) is 0.152. The summed E-state index contributed by atoms with van der Waals surface area (Å²) in [5, 5.41) is 11.8. The highest BCUT2D eigenvalue weighted by Crippen LogP contribution is 2.32. The zero-order valence-corrected chi connectivity index (χ0v) is 18.9. The van der Waals surface area contributed by atoms with Crippen LogP contribution in [-0.2, 0) is 16.6 Å². The molecule has 32 heavy (non-hydrogen) atoms. The van der Waals surface area contributed by atoms with E-state index >= 15 is 0 Å². The monoisotopic (exact) mass is 454 g/mol. The number of aromatic nitrogens is 2.